The second-order valence-electron chi connectivity index (χ2n) is 4.83. The molecule has 25 heavy (non-hydrogen) atoms. The zero-order valence-corrected chi connectivity index (χ0v) is 14.3. The van der Waals surface area contributed by atoms with Gasteiger partial charge >= 0.3 is 0 Å². The van der Waals surface area contributed by atoms with Crippen molar-refractivity contribution >= 4 is 29.1 Å². The summed E-state index contributed by atoms with van der Waals surface area (Å²) in [6.07, 6.45) is 5.06. The normalized spacial score (nSPS) is 9.80. The van der Waals surface area contributed by atoms with Crippen LogP contribution in [0, 0.1) is 0 Å². The highest BCUT2D eigenvalue weighted by molar-refractivity contribution is 7.80. The van der Waals surface area contributed by atoms with Gasteiger partial charge in [-0.2, -0.15) is 0 Å². The molecule has 0 aliphatic heterocycles. The van der Waals surface area contributed by atoms with E-state index in [0.717, 1.165) is 6.42 Å². The van der Waals surface area contributed by atoms with Crippen LogP contribution in [0.25, 0.3) is 0 Å². The van der Waals surface area contributed by atoms with E-state index >= 15 is 0 Å². The molecule has 2 rings (SSSR count). The van der Waals surface area contributed by atoms with Crippen molar-refractivity contribution in [2.24, 2.45) is 0 Å². The van der Waals surface area contributed by atoms with Crippen LogP contribution in [0.2, 0.25) is 0 Å². The van der Waals surface area contributed by atoms with Gasteiger partial charge in [0, 0.05) is 18.0 Å². The molecular formula is C16H17N5O3S. The summed E-state index contributed by atoms with van der Waals surface area (Å²) in [6.45, 7) is 2.63. The van der Waals surface area contributed by atoms with Gasteiger partial charge in [-0.05, 0) is 42.9 Å². The Labute approximate surface area is 150 Å². The molecule has 8 nitrogen and oxygen atoms in total. The van der Waals surface area contributed by atoms with E-state index in [-0.39, 0.29) is 10.8 Å². The van der Waals surface area contributed by atoms with Crippen molar-refractivity contribution in [1.82, 2.24) is 26.1 Å². The number of amides is 2. The summed E-state index contributed by atoms with van der Waals surface area (Å²) in [4.78, 5) is 31.5. The average Bonchev–Trinajstić information content (AvgIpc) is 2.65. The third kappa shape index (κ3) is 5.81. The number of benzene rings is 1. The lowest BCUT2D eigenvalue weighted by Gasteiger charge is -2.10. The third-order valence-corrected chi connectivity index (χ3v) is 3.11. The lowest BCUT2D eigenvalue weighted by atomic mass is 10.2. The molecular weight excluding hydrogens is 342 g/mol. The summed E-state index contributed by atoms with van der Waals surface area (Å²) in [5.74, 6) is -0.245. The van der Waals surface area contributed by atoms with Crippen molar-refractivity contribution in [2.75, 3.05) is 6.61 Å². The molecule has 0 saturated carbocycles. The van der Waals surface area contributed by atoms with E-state index in [2.05, 4.69) is 26.1 Å². The maximum absolute atomic E-state index is 12.1. The molecule has 1 aromatic carbocycles. The summed E-state index contributed by atoms with van der Waals surface area (Å²) in [5.41, 5.74) is 5.28. The number of nitrogens with zero attached hydrogens (tertiary/aromatic N) is 2. The molecule has 130 valence electrons. The molecule has 0 aliphatic carbocycles. The van der Waals surface area contributed by atoms with Crippen molar-refractivity contribution in [3.8, 4) is 5.75 Å². The van der Waals surface area contributed by atoms with Gasteiger partial charge in [0.25, 0.3) is 11.8 Å². The van der Waals surface area contributed by atoms with Gasteiger partial charge in [-0.1, -0.05) is 6.92 Å². The summed E-state index contributed by atoms with van der Waals surface area (Å²) < 4.78 is 5.45. The molecule has 0 saturated heterocycles. The topological polar surface area (TPSA) is 105 Å². The van der Waals surface area contributed by atoms with Gasteiger partial charge in [0.2, 0.25) is 0 Å². The first kappa shape index (κ1) is 18.3. The predicted molar refractivity (Wildman–Crippen MR) is 94.9 cm³/mol. The quantitative estimate of drug-likeness (QED) is 0.544. The number of carbonyl (C=O) groups is 2. The van der Waals surface area contributed by atoms with E-state index in [4.69, 9.17) is 17.0 Å². The van der Waals surface area contributed by atoms with E-state index in [0.29, 0.717) is 17.9 Å². The molecule has 1 aromatic heterocycles. The maximum Gasteiger partial charge on any atom is 0.289 e. The predicted octanol–water partition coefficient (Wildman–Crippen LogP) is 1.21. The highest BCUT2D eigenvalue weighted by atomic mass is 32.1. The first-order valence-electron chi connectivity index (χ1n) is 7.50. The molecule has 0 spiro atoms. The molecule has 0 fully saturated rings. The highest BCUT2D eigenvalue weighted by Crippen LogP contribution is 2.12. The van der Waals surface area contributed by atoms with E-state index in [1.807, 2.05) is 6.92 Å². The Morgan fingerprint density at radius 3 is 2.52 bits per heavy atom. The van der Waals surface area contributed by atoms with E-state index in [1.54, 1.807) is 24.3 Å². The van der Waals surface area contributed by atoms with E-state index < -0.39 is 11.8 Å². The van der Waals surface area contributed by atoms with Crippen molar-refractivity contribution in [3.63, 3.8) is 0 Å². The molecule has 3 N–H and O–H groups in total. The van der Waals surface area contributed by atoms with Crippen LogP contribution >= 0.6 is 12.2 Å². The number of carbonyl (C=O) groups excluding carboxylic acids is 2. The first-order valence-corrected chi connectivity index (χ1v) is 7.91. The molecule has 2 aromatic rings. The molecule has 2 amide bonds. The Kier molecular flexibility index (Phi) is 6.78. The van der Waals surface area contributed by atoms with Crippen LogP contribution in [0.1, 0.15) is 34.2 Å². The van der Waals surface area contributed by atoms with Crippen LogP contribution in [-0.2, 0) is 0 Å². The largest absolute Gasteiger partial charge is 0.494 e. The van der Waals surface area contributed by atoms with Gasteiger partial charge in [0.15, 0.2) is 5.11 Å². The Balaban J connectivity index is 1.81. The van der Waals surface area contributed by atoms with Gasteiger partial charge in [-0.25, -0.2) is 4.98 Å². The van der Waals surface area contributed by atoms with Crippen molar-refractivity contribution < 1.29 is 14.3 Å². The second kappa shape index (κ2) is 9.28. The van der Waals surface area contributed by atoms with Gasteiger partial charge in [-0.15, -0.1) is 0 Å². The smallest absolute Gasteiger partial charge is 0.289 e. The van der Waals surface area contributed by atoms with Crippen LogP contribution in [0.4, 0.5) is 0 Å². The first-order chi connectivity index (χ1) is 12.1. The minimum absolute atomic E-state index is 0.0476. The molecule has 0 atom stereocenters. The number of hydrazine groups is 1. The minimum Gasteiger partial charge on any atom is -0.494 e. The number of hydrogen-bond acceptors (Lipinski definition) is 6. The molecule has 0 aliphatic rings. The van der Waals surface area contributed by atoms with Gasteiger partial charge in [0.1, 0.15) is 11.4 Å². The molecule has 1 heterocycles. The number of hydrogen-bond donors (Lipinski definition) is 3. The second-order valence-corrected chi connectivity index (χ2v) is 5.23. The zero-order chi connectivity index (χ0) is 18.1. The highest BCUT2D eigenvalue weighted by Gasteiger charge is 2.10. The van der Waals surface area contributed by atoms with E-state index in [9.17, 15) is 9.59 Å². The van der Waals surface area contributed by atoms with Crippen LogP contribution in [0.15, 0.2) is 42.9 Å². The van der Waals surface area contributed by atoms with Gasteiger partial charge in [0.05, 0.1) is 12.8 Å². The number of thiocarbonyl (C=S) groups is 1. The van der Waals surface area contributed by atoms with Crippen LogP contribution in [0.3, 0.4) is 0 Å². The van der Waals surface area contributed by atoms with Crippen LogP contribution in [-0.4, -0.2) is 33.5 Å². The molecule has 0 unspecified atom stereocenters. The monoisotopic (exact) mass is 359 g/mol. The van der Waals surface area contributed by atoms with Crippen molar-refractivity contribution in [2.45, 2.75) is 13.3 Å². The standard InChI is InChI=1S/C16H17N5O3S/c1-2-9-24-12-5-3-11(4-6-12)14(22)19-16(25)21-20-15(23)13-10-17-7-8-18-13/h3-8,10H,2,9H2,1H3,(H,20,23)(H2,19,21,22,25). The lowest BCUT2D eigenvalue weighted by molar-refractivity contribution is 0.0930. The Morgan fingerprint density at radius 2 is 1.88 bits per heavy atom. The number of rotatable bonds is 5. The number of aromatic nitrogens is 2. The molecule has 0 radical (unpaired) electrons. The molecule has 9 heteroatoms. The van der Waals surface area contributed by atoms with Crippen LogP contribution in [0.5, 0.6) is 5.75 Å². The average molecular weight is 359 g/mol. The Bertz CT molecular complexity index is 737. The number of ether oxygens (including phenoxy) is 1. The third-order valence-electron chi connectivity index (χ3n) is 2.90. The van der Waals surface area contributed by atoms with Gasteiger partial charge < -0.3 is 4.74 Å². The Morgan fingerprint density at radius 1 is 1.12 bits per heavy atom. The fourth-order valence-corrected chi connectivity index (χ4v) is 1.87. The fraction of sp³-hybridized carbons (Fsp3) is 0.188. The maximum atomic E-state index is 12.1. The summed E-state index contributed by atoms with van der Waals surface area (Å²) in [6, 6.07) is 6.66. The van der Waals surface area contributed by atoms with E-state index in [1.165, 1.54) is 18.6 Å². The molecule has 0 bridgehead atoms. The minimum atomic E-state index is -0.526. The number of nitrogens with one attached hydrogen (secondary N) is 3. The van der Waals surface area contributed by atoms with Crippen LogP contribution < -0.4 is 20.9 Å². The lowest BCUT2D eigenvalue weighted by Crippen LogP contribution is -2.48. The van der Waals surface area contributed by atoms with Crippen molar-refractivity contribution in [3.05, 3.63) is 54.1 Å². The Hall–Kier alpha value is -3.07. The van der Waals surface area contributed by atoms with Gasteiger partial charge in [-0.3, -0.25) is 30.7 Å². The summed E-state index contributed by atoms with van der Waals surface area (Å²) in [7, 11) is 0. The fourth-order valence-electron chi connectivity index (χ4n) is 1.72. The SMILES string of the molecule is CCCOc1ccc(C(=O)NC(=S)NNC(=O)c2cnccn2)cc1. The summed E-state index contributed by atoms with van der Waals surface area (Å²) >= 11 is 4.96. The summed E-state index contributed by atoms with van der Waals surface area (Å²) in [5, 5.41) is 2.41. The zero-order valence-electron chi connectivity index (χ0n) is 13.5. The van der Waals surface area contributed by atoms with Crippen molar-refractivity contribution in [1.29, 1.82) is 0 Å².